The summed E-state index contributed by atoms with van der Waals surface area (Å²) in [5.41, 5.74) is 7.45. The van der Waals surface area contributed by atoms with Crippen LogP contribution in [0.15, 0.2) is 67.4 Å². The van der Waals surface area contributed by atoms with Gasteiger partial charge in [0, 0.05) is 72.8 Å². The molecule has 0 aliphatic rings. The van der Waals surface area contributed by atoms with E-state index in [2.05, 4.69) is 42.3 Å². The lowest BCUT2D eigenvalue weighted by Gasteiger charge is -2.12. The van der Waals surface area contributed by atoms with Crippen LogP contribution in [0.1, 0.15) is 0 Å². The van der Waals surface area contributed by atoms with Crippen molar-refractivity contribution in [3.63, 3.8) is 0 Å². The highest BCUT2D eigenvalue weighted by Crippen LogP contribution is 2.35. The topological polar surface area (TPSA) is 98.8 Å². The Morgan fingerprint density at radius 2 is 1.65 bits per heavy atom. The van der Waals surface area contributed by atoms with Crippen molar-refractivity contribution in [1.82, 2.24) is 35.0 Å². The Kier molecular flexibility index (Phi) is 6.61. The van der Waals surface area contributed by atoms with Crippen molar-refractivity contribution in [2.24, 2.45) is 0 Å². The molecule has 6 aromatic rings. The molecule has 40 heavy (non-hydrogen) atoms. The van der Waals surface area contributed by atoms with E-state index in [1.165, 1.54) is 12.1 Å². The lowest BCUT2D eigenvalue weighted by Crippen LogP contribution is -2.19. The molecule has 0 saturated carbocycles. The van der Waals surface area contributed by atoms with Gasteiger partial charge in [-0.05, 0) is 50.0 Å². The number of likely N-dealkylation sites (N-methyl/N-ethyl adjacent to an activating group) is 1. The molecular formula is C30H29FN8O. The number of nitrogens with zero attached hydrogens (tertiary/aromatic N) is 6. The Morgan fingerprint density at radius 1 is 0.825 bits per heavy atom. The van der Waals surface area contributed by atoms with Gasteiger partial charge in [0.15, 0.2) is 5.65 Å². The predicted octanol–water partition coefficient (Wildman–Crippen LogP) is 5.38. The summed E-state index contributed by atoms with van der Waals surface area (Å²) >= 11 is 0. The third-order valence-electron chi connectivity index (χ3n) is 6.79. The van der Waals surface area contributed by atoms with Crippen molar-refractivity contribution >= 4 is 27.6 Å². The zero-order chi connectivity index (χ0) is 27.8. The summed E-state index contributed by atoms with van der Waals surface area (Å²) in [6.45, 7) is 1.20. The quantitative estimate of drug-likeness (QED) is 0.270. The number of aromatic nitrogens is 6. The van der Waals surface area contributed by atoms with Crippen LogP contribution in [-0.2, 0) is 0 Å². The molecule has 1 aromatic carbocycles. The summed E-state index contributed by atoms with van der Waals surface area (Å²) in [5.74, 6) is 0.117. The number of ether oxygens (including phenoxy) is 1. The lowest BCUT2D eigenvalue weighted by molar-refractivity contribution is 0.260. The fourth-order valence-electron chi connectivity index (χ4n) is 4.66. The molecular weight excluding hydrogens is 507 g/mol. The molecule has 202 valence electrons. The number of halogens is 1. The average Bonchev–Trinajstić information content (AvgIpc) is 3.56. The van der Waals surface area contributed by atoms with Crippen molar-refractivity contribution < 1.29 is 9.13 Å². The van der Waals surface area contributed by atoms with Crippen molar-refractivity contribution in [1.29, 1.82) is 0 Å². The van der Waals surface area contributed by atoms with Crippen LogP contribution in [0.4, 0.5) is 10.1 Å². The Labute approximate surface area is 230 Å². The van der Waals surface area contributed by atoms with E-state index in [-0.39, 0.29) is 5.82 Å². The highest BCUT2D eigenvalue weighted by atomic mass is 19.1. The number of anilines is 1. The Bertz CT molecular complexity index is 1820. The van der Waals surface area contributed by atoms with E-state index in [4.69, 9.17) is 4.74 Å². The van der Waals surface area contributed by atoms with E-state index in [1.807, 2.05) is 62.5 Å². The van der Waals surface area contributed by atoms with Crippen LogP contribution in [0.2, 0.25) is 0 Å². The monoisotopic (exact) mass is 536 g/mol. The smallest absolute Gasteiger partial charge is 0.181 e. The molecule has 2 N–H and O–H groups in total. The summed E-state index contributed by atoms with van der Waals surface area (Å²) in [6.07, 6.45) is 8.96. The molecule has 0 atom stereocenters. The molecule has 0 spiro atoms. The Balaban J connectivity index is 1.39. The number of hydrogen-bond acceptors (Lipinski definition) is 7. The van der Waals surface area contributed by atoms with Crippen LogP contribution in [0.25, 0.3) is 55.6 Å². The first kappa shape index (κ1) is 25.4. The SMILES string of the molecule is CN(C)CCOc1cc(F)cc(-c2cncc3[nH]c(-c4[nH]nc5ncc(-c6cncc(N(C)C)c6)cc45)cc23)c1. The second-order valence-electron chi connectivity index (χ2n) is 10.2. The van der Waals surface area contributed by atoms with Gasteiger partial charge in [0.1, 0.15) is 18.2 Å². The number of hydrogen-bond donors (Lipinski definition) is 2. The van der Waals surface area contributed by atoms with Gasteiger partial charge in [-0.2, -0.15) is 5.10 Å². The van der Waals surface area contributed by atoms with E-state index in [0.29, 0.717) is 23.6 Å². The van der Waals surface area contributed by atoms with Crippen molar-refractivity contribution in [3.8, 4) is 39.4 Å². The van der Waals surface area contributed by atoms with E-state index in [9.17, 15) is 4.39 Å². The van der Waals surface area contributed by atoms with Gasteiger partial charge in [-0.1, -0.05) is 0 Å². The van der Waals surface area contributed by atoms with E-state index < -0.39 is 0 Å². The lowest BCUT2D eigenvalue weighted by atomic mass is 10.0. The summed E-state index contributed by atoms with van der Waals surface area (Å²) in [5, 5.41) is 9.34. The molecule has 0 saturated heterocycles. The molecule has 5 aromatic heterocycles. The van der Waals surface area contributed by atoms with Crippen LogP contribution in [0.5, 0.6) is 5.75 Å². The van der Waals surface area contributed by atoms with Gasteiger partial charge >= 0.3 is 0 Å². The minimum absolute atomic E-state index is 0.365. The van der Waals surface area contributed by atoms with Crippen LogP contribution in [-0.4, -0.2) is 76.4 Å². The maximum Gasteiger partial charge on any atom is 0.181 e. The molecule has 0 aliphatic carbocycles. The highest BCUT2D eigenvalue weighted by molar-refractivity contribution is 6.00. The maximum atomic E-state index is 14.6. The van der Waals surface area contributed by atoms with Gasteiger partial charge in [-0.25, -0.2) is 9.37 Å². The molecule has 0 bridgehead atoms. The van der Waals surface area contributed by atoms with Crippen molar-refractivity contribution in [2.75, 3.05) is 46.2 Å². The van der Waals surface area contributed by atoms with Crippen molar-refractivity contribution in [3.05, 3.63) is 73.2 Å². The first-order valence-corrected chi connectivity index (χ1v) is 12.9. The van der Waals surface area contributed by atoms with Gasteiger partial charge in [-0.3, -0.25) is 15.1 Å². The predicted molar refractivity (Wildman–Crippen MR) is 156 cm³/mol. The second-order valence-corrected chi connectivity index (χ2v) is 10.2. The van der Waals surface area contributed by atoms with E-state index in [0.717, 1.165) is 56.6 Å². The first-order chi connectivity index (χ1) is 19.4. The fraction of sp³-hybridized carbons (Fsp3) is 0.200. The normalized spacial score (nSPS) is 11.6. The molecule has 6 rings (SSSR count). The van der Waals surface area contributed by atoms with E-state index in [1.54, 1.807) is 18.6 Å². The minimum atomic E-state index is -0.365. The first-order valence-electron chi connectivity index (χ1n) is 12.9. The summed E-state index contributed by atoms with van der Waals surface area (Å²) in [4.78, 5) is 20.9. The summed E-state index contributed by atoms with van der Waals surface area (Å²) in [6, 6.07) is 10.9. The molecule has 0 aliphatic heterocycles. The van der Waals surface area contributed by atoms with Crippen LogP contribution < -0.4 is 9.64 Å². The van der Waals surface area contributed by atoms with E-state index >= 15 is 0 Å². The molecule has 5 heterocycles. The fourth-order valence-corrected chi connectivity index (χ4v) is 4.66. The van der Waals surface area contributed by atoms with Gasteiger partial charge in [-0.15, -0.1) is 0 Å². The zero-order valence-corrected chi connectivity index (χ0v) is 22.7. The number of rotatable bonds is 8. The molecule has 0 unspecified atom stereocenters. The largest absolute Gasteiger partial charge is 0.492 e. The van der Waals surface area contributed by atoms with Crippen LogP contribution in [0, 0.1) is 5.82 Å². The number of pyridine rings is 3. The Hall–Kier alpha value is -4.83. The number of H-pyrrole nitrogens is 2. The number of nitrogens with one attached hydrogen (secondary N) is 2. The Morgan fingerprint density at radius 3 is 2.48 bits per heavy atom. The molecule has 0 radical (unpaired) electrons. The van der Waals surface area contributed by atoms with Crippen LogP contribution in [0.3, 0.4) is 0 Å². The molecule has 9 nitrogen and oxygen atoms in total. The van der Waals surface area contributed by atoms with Gasteiger partial charge in [0.25, 0.3) is 0 Å². The summed E-state index contributed by atoms with van der Waals surface area (Å²) < 4.78 is 20.4. The average molecular weight is 537 g/mol. The zero-order valence-electron chi connectivity index (χ0n) is 22.7. The standard InChI is InChI=1S/C30H29FN8O/c1-38(2)5-6-40-23-9-18(7-21(31)11-23)26-16-33-17-28-24(26)12-27(35-28)29-25-10-20(14-34-30(25)37-36-29)19-8-22(39(3)4)15-32-13-19/h7-17,35H,5-6H2,1-4H3,(H,34,36,37). The molecule has 0 fully saturated rings. The van der Waals surface area contributed by atoms with Crippen LogP contribution >= 0.6 is 0 Å². The van der Waals surface area contributed by atoms with Gasteiger partial charge < -0.3 is 19.5 Å². The molecule has 10 heteroatoms. The highest BCUT2D eigenvalue weighted by Gasteiger charge is 2.16. The molecule has 0 amide bonds. The third-order valence-corrected chi connectivity index (χ3v) is 6.79. The van der Waals surface area contributed by atoms with Crippen molar-refractivity contribution in [2.45, 2.75) is 0 Å². The number of fused-ring (bicyclic) bond motifs is 2. The second kappa shape index (κ2) is 10.4. The van der Waals surface area contributed by atoms with Gasteiger partial charge in [0.05, 0.1) is 35.0 Å². The minimum Gasteiger partial charge on any atom is -0.492 e. The van der Waals surface area contributed by atoms with Gasteiger partial charge in [0.2, 0.25) is 0 Å². The third kappa shape index (κ3) is 4.96. The maximum absolute atomic E-state index is 14.6. The summed E-state index contributed by atoms with van der Waals surface area (Å²) in [7, 11) is 7.90. The number of benzene rings is 1. The number of aromatic amines is 2.